The topological polar surface area (TPSA) is 64.8 Å². The molecule has 116 valence electrons. The van der Waals surface area contributed by atoms with Crippen LogP contribution >= 0.6 is 0 Å². The number of amides is 1. The standard InChI is InChI=1S/C16H24N2O3/c1-16(2,3)21-15(19)18-9-8-13(17)11-6-5-7-14(20-4)12(11)10-18/h5-7,13H,8-10,17H2,1-4H3/t13-/m0/s1. The van der Waals surface area contributed by atoms with Gasteiger partial charge < -0.3 is 20.1 Å². The Bertz CT molecular complexity index is 523. The highest BCUT2D eigenvalue weighted by atomic mass is 16.6. The summed E-state index contributed by atoms with van der Waals surface area (Å²) in [7, 11) is 1.63. The lowest BCUT2D eigenvalue weighted by molar-refractivity contribution is 0.0234. The Kier molecular flexibility index (Phi) is 4.42. The van der Waals surface area contributed by atoms with Gasteiger partial charge in [-0.15, -0.1) is 0 Å². The Morgan fingerprint density at radius 2 is 2.10 bits per heavy atom. The quantitative estimate of drug-likeness (QED) is 0.864. The lowest BCUT2D eigenvalue weighted by Gasteiger charge is -2.26. The van der Waals surface area contributed by atoms with Crippen molar-refractivity contribution in [2.45, 2.75) is 45.4 Å². The summed E-state index contributed by atoms with van der Waals surface area (Å²) in [6, 6.07) is 5.73. The van der Waals surface area contributed by atoms with Crippen molar-refractivity contribution in [3.8, 4) is 5.75 Å². The lowest BCUT2D eigenvalue weighted by atomic mass is 9.99. The van der Waals surface area contributed by atoms with Crippen LogP contribution < -0.4 is 10.5 Å². The van der Waals surface area contributed by atoms with E-state index in [9.17, 15) is 4.79 Å². The number of methoxy groups -OCH3 is 1. The van der Waals surface area contributed by atoms with Crippen LogP contribution in [0, 0.1) is 0 Å². The fourth-order valence-corrected chi connectivity index (χ4v) is 2.49. The van der Waals surface area contributed by atoms with Crippen LogP contribution in [0.2, 0.25) is 0 Å². The van der Waals surface area contributed by atoms with Crippen molar-refractivity contribution in [2.24, 2.45) is 5.73 Å². The first-order valence-electron chi connectivity index (χ1n) is 7.21. The molecule has 1 heterocycles. The van der Waals surface area contributed by atoms with Gasteiger partial charge in [-0.3, -0.25) is 0 Å². The molecule has 1 aliphatic rings. The third kappa shape index (κ3) is 3.67. The summed E-state index contributed by atoms with van der Waals surface area (Å²) in [5.41, 5.74) is 7.73. The average molecular weight is 292 g/mol. The van der Waals surface area contributed by atoms with Gasteiger partial charge in [0, 0.05) is 18.2 Å². The molecule has 0 aliphatic carbocycles. The Hall–Kier alpha value is -1.75. The van der Waals surface area contributed by atoms with E-state index in [2.05, 4.69) is 0 Å². The highest BCUT2D eigenvalue weighted by Gasteiger charge is 2.28. The van der Waals surface area contributed by atoms with E-state index in [1.165, 1.54) is 0 Å². The normalized spacial score (nSPS) is 18.7. The zero-order valence-electron chi connectivity index (χ0n) is 13.2. The van der Waals surface area contributed by atoms with Crippen LogP contribution in [0.1, 0.15) is 44.4 Å². The van der Waals surface area contributed by atoms with Crippen LogP contribution in [0.15, 0.2) is 18.2 Å². The SMILES string of the molecule is COc1cccc2c1CN(C(=O)OC(C)(C)C)CC[C@@H]2N. The second kappa shape index (κ2) is 5.93. The van der Waals surface area contributed by atoms with Gasteiger partial charge in [-0.05, 0) is 38.8 Å². The van der Waals surface area contributed by atoms with Crippen molar-refractivity contribution < 1.29 is 14.3 Å². The first kappa shape index (κ1) is 15.6. The molecule has 21 heavy (non-hydrogen) atoms. The third-order valence-electron chi connectivity index (χ3n) is 3.50. The van der Waals surface area contributed by atoms with E-state index < -0.39 is 5.60 Å². The van der Waals surface area contributed by atoms with Gasteiger partial charge in [-0.2, -0.15) is 0 Å². The molecule has 0 fully saturated rings. The molecule has 5 heteroatoms. The minimum atomic E-state index is -0.505. The second-order valence-electron chi connectivity index (χ2n) is 6.33. The van der Waals surface area contributed by atoms with E-state index in [0.29, 0.717) is 19.5 Å². The van der Waals surface area contributed by atoms with Crippen molar-refractivity contribution in [2.75, 3.05) is 13.7 Å². The van der Waals surface area contributed by atoms with Gasteiger partial charge >= 0.3 is 6.09 Å². The fraction of sp³-hybridized carbons (Fsp3) is 0.562. The molecule has 1 aliphatic heterocycles. The summed E-state index contributed by atoms with van der Waals surface area (Å²) in [5.74, 6) is 0.762. The maximum absolute atomic E-state index is 12.3. The number of nitrogens with zero attached hydrogens (tertiary/aromatic N) is 1. The summed E-state index contributed by atoms with van der Waals surface area (Å²) < 4.78 is 10.9. The monoisotopic (exact) mass is 292 g/mol. The molecule has 1 atom stereocenters. The minimum Gasteiger partial charge on any atom is -0.496 e. The van der Waals surface area contributed by atoms with Crippen molar-refractivity contribution in [3.63, 3.8) is 0 Å². The Balaban J connectivity index is 2.28. The molecular weight excluding hydrogens is 268 g/mol. The Morgan fingerprint density at radius 3 is 2.71 bits per heavy atom. The molecule has 0 saturated carbocycles. The predicted octanol–water partition coefficient (Wildman–Crippen LogP) is 2.84. The number of rotatable bonds is 1. The summed E-state index contributed by atoms with van der Waals surface area (Å²) in [4.78, 5) is 14.0. The molecule has 2 N–H and O–H groups in total. The summed E-state index contributed by atoms with van der Waals surface area (Å²) in [6.45, 7) is 6.63. The van der Waals surface area contributed by atoms with Crippen molar-refractivity contribution >= 4 is 6.09 Å². The first-order valence-corrected chi connectivity index (χ1v) is 7.21. The van der Waals surface area contributed by atoms with E-state index in [0.717, 1.165) is 16.9 Å². The van der Waals surface area contributed by atoms with E-state index in [1.54, 1.807) is 12.0 Å². The Morgan fingerprint density at radius 1 is 1.38 bits per heavy atom. The van der Waals surface area contributed by atoms with Gasteiger partial charge in [0.25, 0.3) is 0 Å². The van der Waals surface area contributed by atoms with Gasteiger partial charge in [0.1, 0.15) is 11.4 Å². The van der Waals surface area contributed by atoms with Crippen LogP contribution in [0.3, 0.4) is 0 Å². The van der Waals surface area contributed by atoms with Crippen molar-refractivity contribution in [3.05, 3.63) is 29.3 Å². The van der Waals surface area contributed by atoms with Gasteiger partial charge in [-0.1, -0.05) is 12.1 Å². The van der Waals surface area contributed by atoms with Crippen LogP contribution in [0.4, 0.5) is 4.79 Å². The maximum atomic E-state index is 12.3. The van der Waals surface area contributed by atoms with Crippen LogP contribution in [-0.4, -0.2) is 30.2 Å². The lowest BCUT2D eigenvalue weighted by Crippen LogP contribution is -2.36. The number of carbonyl (C=O) groups is 1. The number of hydrogen-bond acceptors (Lipinski definition) is 4. The molecule has 5 nitrogen and oxygen atoms in total. The molecule has 0 radical (unpaired) electrons. The van der Waals surface area contributed by atoms with E-state index >= 15 is 0 Å². The largest absolute Gasteiger partial charge is 0.496 e. The third-order valence-corrected chi connectivity index (χ3v) is 3.50. The van der Waals surface area contributed by atoms with Gasteiger partial charge in [-0.25, -0.2) is 4.79 Å². The molecule has 1 amide bonds. The molecule has 1 aromatic rings. The number of fused-ring (bicyclic) bond motifs is 1. The average Bonchev–Trinajstić information content (AvgIpc) is 2.56. The molecule has 0 spiro atoms. The van der Waals surface area contributed by atoms with Crippen LogP contribution in [0.25, 0.3) is 0 Å². The van der Waals surface area contributed by atoms with Crippen LogP contribution in [0.5, 0.6) is 5.75 Å². The van der Waals surface area contributed by atoms with E-state index in [1.807, 2.05) is 39.0 Å². The minimum absolute atomic E-state index is 0.0949. The number of carbonyl (C=O) groups excluding carboxylic acids is 1. The maximum Gasteiger partial charge on any atom is 0.410 e. The van der Waals surface area contributed by atoms with Crippen LogP contribution in [-0.2, 0) is 11.3 Å². The highest BCUT2D eigenvalue weighted by Crippen LogP contribution is 2.32. The summed E-state index contributed by atoms with van der Waals surface area (Å²) in [5, 5.41) is 0. The molecule has 0 bridgehead atoms. The zero-order chi connectivity index (χ0) is 15.6. The number of benzene rings is 1. The molecule has 2 rings (SSSR count). The van der Waals surface area contributed by atoms with E-state index in [4.69, 9.17) is 15.2 Å². The molecule has 0 unspecified atom stereocenters. The first-order chi connectivity index (χ1) is 9.81. The van der Waals surface area contributed by atoms with E-state index in [-0.39, 0.29) is 12.1 Å². The van der Waals surface area contributed by atoms with Gasteiger partial charge in [0.2, 0.25) is 0 Å². The number of ether oxygens (including phenoxy) is 2. The molecule has 0 saturated heterocycles. The molecular formula is C16H24N2O3. The van der Waals surface area contributed by atoms with Gasteiger partial charge in [0.05, 0.1) is 13.7 Å². The molecule has 0 aromatic heterocycles. The number of nitrogens with two attached hydrogens (primary N) is 1. The predicted molar refractivity (Wildman–Crippen MR) is 81.2 cm³/mol. The number of hydrogen-bond donors (Lipinski definition) is 1. The highest BCUT2D eigenvalue weighted by molar-refractivity contribution is 5.68. The summed E-state index contributed by atoms with van der Waals surface area (Å²) in [6.07, 6.45) is 0.396. The van der Waals surface area contributed by atoms with Crippen molar-refractivity contribution in [1.82, 2.24) is 4.90 Å². The zero-order valence-corrected chi connectivity index (χ0v) is 13.2. The van der Waals surface area contributed by atoms with Gasteiger partial charge in [0.15, 0.2) is 0 Å². The summed E-state index contributed by atoms with van der Waals surface area (Å²) >= 11 is 0. The fourth-order valence-electron chi connectivity index (χ4n) is 2.49. The smallest absolute Gasteiger partial charge is 0.410 e. The Labute approximate surface area is 126 Å². The second-order valence-corrected chi connectivity index (χ2v) is 6.33. The van der Waals surface area contributed by atoms with Crippen molar-refractivity contribution in [1.29, 1.82) is 0 Å². The molecule has 1 aromatic carbocycles.